The number of piperidine rings is 1. The fourth-order valence-corrected chi connectivity index (χ4v) is 3.63. The molecule has 0 radical (unpaired) electrons. The zero-order valence-corrected chi connectivity index (χ0v) is 15.5. The van der Waals surface area contributed by atoms with E-state index in [9.17, 15) is 24.0 Å². The van der Waals surface area contributed by atoms with Crippen molar-refractivity contribution in [3.63, 3.8) is 0 Å². The van der Waals surface area contributed by atoms with Crippen molar-refractivity contribution >= 4 is 35.2 Å². The molecule has 1 unspecified atom stereocenters. The molecule has 1 atom stereocenters. The van der Waals surface area contributed by atoms with Crippen LogP contribution in [-0.4, -0.2) is 40.0 Å². The predicted octanol–water partition coefficient (Wildman–Crippen LogP) is 1.73. The van der Waals surface area contributed by atoms with E-state index in [1.54, 1.807) is 36.4 Å². The summed E-state index contributed by atoms with van der Waals surface area (Å²) in [4.78, 5) is 63.5. The van der Waals surface area contributed by atoms with Crippen LogP contribution in [0, 0.1) is 0 Å². The molecule has 146 valence electrons. The van der Waals surface area contributed by atoms with Crippen molar-refractivity contribution in [1.82, 2.24) is 10.2 Å². The summed E-state index contributed by atoms with van der Waals surface area (Å²) in [6, 6.07) is 13.0. The van der Waals surface area contributed by atoms with Crippen LogP contribution in [0.15, 0.2) is 48.5 Å². The molecule has 0 aliphatic carbocycles. The third-order valence-corrected chi connectivity index (χ3v) is 5.27. The molecule has 0 aromatic heterocycles. The van der Waals surface area contributed by atoms with Gasteiger partial charge < -0.3 is 5.32 Å². The lowest BCUT2D eigenvalue weighted by atomic mass is 9.89. The van der Waals surface area contributed by atoms with Gasteiger partial charge in [0.15, 0.2) is 0 Å². The van der Waals surface area contributed by atoms with E-state index in [1.807, 2.05) is 0 Å². The van der Waals surface area contributed by atoms with Crippen molar-refractivity contribution in [3.05, 3.63) is 65.2 Å². The van der Waals surface area contributed by atoms with Crippen molar-refractivity contribution in [2.24, 2.45) is 0 Å². The average molecular weight is 391 g/mol. The Morgan fingerprint density at radius 1 is 1.00 bits per heavy atom. The normalized spacial score (nSPS) is 21.1. The highest BCUT2D eigenvalue weighted by Crippen LogP contribution is 2.37. The van der Waals surface area contributed by atoms with E-state index in [-0.39, 0.29) is 29.7 Å². The summed E-state index contributed by atoms with van der Waals surface area (Å²) in [6.07, 6.45) is 0.0576. The Morgan fingerprint density at radius 2 is 1.72 bits per heavy atom. The van der Waals surface area contributed by atoms with Crippen LogP contribution in [0.4, 0.5) is 5.69 Å². The van der Waals surface area contributed by atoms with Crippen LogP contribution in [0.2, 0.25) is 0 Å². The van der Waals surface area contributed by atoms with Gasteiger partial charge in [-0.05, 0) is 37.6 Å². The number of nitrogens with zero attached hydrogens (tertiary/aromatic N) is 1. The molecule has 2 heterocycles. The van der Waals surface area contributed by atoms with Gasteiger partial charge in [0.1, 0.15) is 5.54 Å². The first-order chi connectivity index (χ1) is 13.8. The highest BCUT2D eigenvalue weighted by Gasteiger charge is 2.53. The molecule has 5 amide bonds. The fourth-order valence-electron chi connectivity index (χ4n) is 3.63. The lowest BCUT2D eigenvalue weighted by Crippen LogP contribution is -2.62. The van der Waals surface area contributed by atoms with Gasteiger partial charge >= 0.3 is 0 Å². The second-order valence-electron chi connectivity index (χ2n) is 7.15. The number of amides is 5. The molecule has 2 aromatic rings. The molecule has 1 fully saturated rings. The molecule has 2 aliphatic heterocycles. The molecule has 2 aromatic carbocycles. The summed E-state index contributed by atoms with van der Waals surface area (Å²) in [5.41, 5.74) is -0.759. The molecule has 2 aliphatic rings. The van der Waals surface area contributed by atoms with Crippen LogP contribution >= 0.6 is 0 Å². The lowest BCUT2D eigenvalue weighted by molar-refractivity contribution is -0.140. The predicted molar refractivity (Wildman–Crippen MR) is 102 cm³/mol. The number of anilines is 1. The largest absolute Gasteiger partial charge is 0.321 e. The Morgan fingerprint density at radius 3 is 2.41 bits per heavy atom. The zero-order chi connectivity index (χ0) is 20.8. The fraction of sp³-hybridized carbons (Fsp3) is 0.190. The highest BCUT2D eigenvalue weighted by atomic mass is 16.2. The van der Waals surface area contributed by atoms with E-state index in [0.29, 0.717) is 5.56 Å². The van der Waals surface area contributed by atoms with Crippen molar-refractivity contribution < 1.29 is 24.0 Å². The minimum Gasteiger partial charge on any atom is -0.321 e. The number of fused-ring (bicyclic) bond motifs is 1. The number of nitrogens with one attached hydrogen (secondary N) is 2. The number of hydrogen-bond acceptors (Lipinski definition) is 5. The van der Waals surface area contributed by atoms with Crippen molar-refractivity contribution in [1.29, 1.82) is 0 Å². The van der Waals surface area contributed by atoms with Crippen LogP contribution in [0.5, 0.6) is 0 Å². The van der Waals surface area contributed by atoms with Gasteiger partial charge in [0.05, 0.1) is 16.8 Å². The van der Waals surface area contributed by atoms with Crippen molar-refractivity contribution in [3.8, 4) is 0 Å². The van der Waals surface area contributed by atoms with Gasteiger partial charge in [-0.2, -0.15) is 0 Å². The zero-order valence-electron chi connectivity index (χ0n) is 15.5. The van der Waals surface area contributed by atoms with Gasteiger partial charge in [0.25, 0.3) is 23.6 Å². The Hall–Kier alpha value is -3.81. The quantitative estimate of drug-likeness (QED) is 0.774. The maximum absolute atomic E-state index is 13.2. The van der Waals surface area contributed by atoms with Gasteiger partial charge in [0.2, 0.25) is 5.91 Å². The minimum atomic E-state index is -1.48. The minimum absolute atomic E-state index is 0.0211. The number of hydrogen-bond donors (Lipinski definition) is 2. The highest BCUT2D eigenvalue weighted by molar-refractivity contribution is 6.27. The van der Waals surface area contributed by atoms with Crippen LogP contribution in [0.25, 0.3) is 0 Å². The molecule has 2 N–H and O–H groups in total. The Labute approximate surface area is 165 Å². The molecule has 8 heteroatoms. The first kappa shape index (κ1) is 18.5. The van der Waals surface area contributed by atoms with Gasteiger partial charge in [-0.25, -0.2) is 0 Å². The van der Waals surface area contributed by atoms with Gasteiger partial charge in [0, 0.05) is 12.0 Å². The van der Waals surface area contributed by atoms with E-state index in [4.69, 9.17) is 0 Å². The summed E-state index contributed by atoms with van der Waals surface area (Å²) in [5, 5.41) is 4.86. The van der Waals surface area contributed by atoms with Gasteiger partial charge in [-0.15, -0.1) is 0 Å². The number of benzene rings is 2. The molecule has 0 bridgehead atoms. The molecular weight excluding hydrogens is 374 g/mol. The van der Waals surface area contributed by atoms with Gasteiger partial charge in [-0.1, -0.05) is 24.3 Å². The smallest absolute Gasteiger partial charge is 0.264 e. The molecule has 0 spiro atoms. The van der Waals surface area contributed by atoms with E-state index in [2.05, 4.69) is 10.6 Å². The first-order valence-corrected chi connectivity index (χ1v) is 9.05. The van der Waals surface area contributed by atoms with Crippen molar-refractivity contribution in [2.75, 3.05) is 5.32 Å². The summed E-state index contributed by atoms with van der Waals surface area (Å²) >= 11 is 0. The Kier molecular flexibility index (Phi) is 4.26. The topological polar surface area (TPSA) is 113 Å². The Bertz CT molecular complexity index is 1080. The van der Waals surface area contributed by atoms with E-state index < -0.39 is 35.1 Å². The number of carbonyl (C=O) groups is 5. The SMILES string of the molecule is CC1(N2C(=O)c3cccc(NC(=O)c4ccccc4)c3C2=O)CCC(=O)NC1=O. The molecular formula is C21H17N3O5. The Balaban J connectivity index is 1.70. The third kappa shape index (κ3) is 2.89. The molecule has 1 saturated heterocycles. The maximum Gasteiger partial charge on any atom is 0.264 e. The molecule has 8 nitrogen and oxygen atoms in total. The number of imide groups is 2. The lowest BCUT2D eigenvalue weighted by Gasteiger charge is -2.38. The van der Waals surface area contributed by atoms with Crippen LogP contribution in [0.1, 0.15) is 50.8 Å². The second-order valence-corrected chi connectivity index (χ2v) is 7.15. The number of carbonyl (C=O) groups excluding carboxylic acids is 5. The molecule has 4 rings (SSSR count). The molecule has 0 saturated carbocycles. The summed E-state index contributed by atoms with van der Waals surface area (Å²) < 4.78 is 0. The van der Waals surface area contributed by atoms with E-state index in [1.165, 1.54) is 19.1 Å². The third-order valence-electron chi connectivity index (χ3n) is 5.27. The average Bonchev–Trinajstić information content (AvgIpc) is 2.97. The van der Waals surface area contributed by atoms with E-state index >= 15 is 0 Å². The monoisotopic (exact) mass is 391 g/mol. The summed E-state index contributed by atoms with van der Waals surface area (Å²) in [6.45, 7) is 1.46. The number of rotatable bonds is 3. The van der Waals surface area contributed by atoms with Crippen LogP contribution in [0.3, 0.4) is 0 Å². The van der Waals surface area contributed by atoms with Crippen LogP contribution in [-0.2, 0) is 9.59 Å². The molecule has 29 heavy (non-hydrogen) atoms. The summed E-state index contributed by atoms with van der Waals surface area (Å²) in [5.74, 6) is -2.88. The standard InChI is InChI=1S/C21H17N3O5/c1-21(11-10-15(25)23-20(21)29)24-18(27)13-8-5-9-14(16(13)19(24)28)22-17(26)12-6-3-2-4-7-12/h2-9H,10-11H2,1H3,(H,22,26)(H,23,25,29). The van der Waals surface area contributed by atoms with Crippen LogP contribution < -0.4 is 10.6 Å². The van der Waals surface area contributed by atoms with Crippen molar-refractivity contribution in [2.45, 2.75) is 25.3 Å². The van der Waals surface area contributed by atoms with E-state index in [0.717, 1.165) is 4.90 Å². The second kappa shape index (κ2) is 6.66. The maximum atomic E-state index is 13.2. The summed E-state index contributed by atoms with van der Waals surface area (Å²) in [7, 11) is 0. The van der Waals surface area contributed by atoms with Gasteiger partial charge in [-0.3, -0.25) is 34.2 Å². The first-order valence-electron chi connectivity index (χ1n) is 9.05.